The summed E-state index contributed by atoms with van der Waals surface area (Å²) in [5.41, 5.74) is 10.6. The third-order valence-electron chi connectivity index (χ3n) is 7.84. The van der Waals surface area contributed by atoms with E-state index in [9.17, 15) is 0 Å². The molecule has 0 aliphatic heterocycles. The van der Waals surface area contributed by atoms with Crippen LogP contribution < -0.4 is 0 Å². The summed E-state index contributed by atoms with van der Waals surface area (Å²) in [6.07, 6.45) is 7.15. The summed E-state index contributed by atoms with van der Waals surface area (Å²) in [6.45, 7) is 0. The van der Waals surface area contributed by atoms with Gasteiger partial charge in [0.2, 0.25) is 0 Å². The zero-order chi connectivity index (χ0) is 38.0. The van der Waals surface area contributed by atoms with E-state index in [0.717, 1.165) is 87.7 Å². The SMILES string of the molecule is O.O.O=S(=O)([O-])[O-].O=S(=O)([O-])[O-].[Cu+2].[Cu+2].[OH3+].[OH3+].c1ccc2nc3c4cccnc4c4ncccc4c3nc2c1.c1ccc2nc3c4cccnc4c4ncccc4c3nc2c1. The second-order valence-electron chi connectivity index (χ2n) is 11.2. The van der Waals surface area contributed by atoms with Gasteiger partial charge in [0.05, 0.1) is 66.2 Å². The molecule has 0 unspecified atom stereocenters. The molecule has 20 nitrogen and oxygen atoms in total. The Balaban J connectivity index is 0.000000454. The molecule has 0 amide bonds. The average molecular weight is 958 g/mol. The van der Waals surface area contributed by atoms with E-state index in [0.29, 0.717) is 0 Å². The summed E-state index contributed by atoms with van der Waals surface area (Å²) in [4.78, 5) is 37.3. The summed E-state index contributed by atoms with van der Waals surface area (Å²) < 4.78 is 68.2. The van der Waals surface area contributed by atoms with E-state index in [1.165, 1.54) is 0 Å². The van der Waals surface area contributed by atoms with Crippen LogP contribution >= 0.6 is 0 Å². The van der Waals surface area contributed by atoms with Crippen LogP contribution in [0.2, 0.25) is 0 Å². The van der Waals surface area contributed by atoms with Gasteiger partial charge in [0, 0.05) is 67.1 Å². The maximum absolute atomic E-state index is 8.52. The van der Waals surface area contributed by atoms with Gasteiger partial charge in [-0.3, -0.25) is 36.8 Å². The van der Waals surface area contributed by atoms with Gasteiger partial charge in [0.1, 0.15) is 0 Å². The van der Waals surface area contributed by atoms with Gasteiger partial charge >= 0.3 is 34.1 Å². The standard InChI is InChI=1S/2C18H10N4.2Cu.2H2O4S.4H2O/c2*1-2-8-14-13(7-1)21-17-11-5-3-9-19-15(11)16-12(18(17)22-14)6-4-10-20-16;;;2*1-5(2,3)4;;;;/h2*1-10H;;;2*(H2,1,2,3,4);4*1H2/q;;2*+2;;;;;;/p-2. The van der Waals surface area contributed by atoms with E-state index in [1.807, 2.05) is 97.1 Å². The van der Waals surface area contributed by atoms with Gasteiger partial charge in [0.15, 0.2) is 0 Å². The van der Waals surface area contributed by atoms with Crippen molar-refractivity contribution in [1.29, 1.82) is 0 Å². The maximum Gasteiger partial charge on any atom is 2.00 e. The molecule has 60 heavy (non-hydrogen) atoms. The molecular weight excluding hydrogens is 928 g/mol. The van der Waals surface area contributed by atoms with E-state index in [2.05, 4.69) is 19.9 Å². The van der Waals surface area contributed by atoms with Crippen molar-refractivity contribution in [3.8, 4) is 0 Å². The van der Waals surface area contributed by atoms with Crippen molar-refractivity contribution in [3.05, 3.63) is 122 Å². The Bertz CT molecular complexity index is 2880. The molecule has 6 heterocycles. The van der Waals surface area contributed by atoms with E-state index in [1.54, 1.807) is 24.8 Å². The predicted octanol–water partition coefficient (Wildman–Crippen LogP) is 1.58. The molecular formula is C36H30Cu2N8O12S2+2. The Hall–Kier alpha value is -5.66. The van der Waals surface area contributed by atoms with Crippen LogP contribution in [0.15, 0.2) is 122 Å². The maximum atomic E-state index is 8.52. The smallest absolute Gasteiger partial charge is 0.759 e. The van der Waals surface area contributed by atoms with Gasteiger partial charge in [0.25, 0.3) is 0 Å². The number of hydrogen-bond acceptors (Lipinski definition) is 16. The number of para-hydroxylation sites is 4. The van der Waals surface area contributed by atoms with Crippen molar-refractivity contribution in [1.82, 2.24) is 39.9 Å². The molecule has 6 aromatic heterocycles. The van der Waals surface area contributed by atoms with Crippen molar-refractivity contribution in [3.63, 3.8) is 0 Å². The monoisotopic (exact) mass is 956 g/mol. The normalized spacial score (nSPS) is 10.5. The quantitative estimate of drug-likeness (QED) is 0.0520. The molecule has 0 bridgehead atoms. The first-order valence-corrected chi connectivity index (χ1v) is 18.2. The van der Waals surface area contributed by atoms with Crippen LogP contribution in [-0.2, 0) is 65.9 Å². The molecule has 4 aromatic carbocycles. The number of nitrogens with zero attached hydrogens (tertiary/aromatic N) is 8. The average Bonchev–Trinajstić information content (AvgIpc) is 3.16. The van der Waals surface area contributed by atoms with Gasteiger partial charge in [-0.05, 0) is 72.8 Å². The zero-order valence-corrected chi connectivity index (χ0v) is 33.5. The second kappa shape index (κ2) is 21.6. The van der Waals surface area contributed by atoms with Crippen LogP contribution in [0.25, 0.3) is 87.7 Å². The molecule has 318 valence electrons. The molecule has 0 atom stereocenters. The molecule has 10 rings (SSSR count). The number of fused-ring (bicyclic) bond motifs is 14. The minimum atomic E-state index is -5.17. The van der Waals surface area contributed by atoms with E-state index >= 15 is 0 Å². The molecule has 10 N–H and O–H groups in total. The third kappa shape index (κ3) is 11.8. The van der Waals surface area contributed by atoms with Crippen LogP contribution in [0, 0.1) is 0 Å². The summed E-state index contributed by atoms with van der Waals surface area (Å²) in [5, 5.41) is 3.95. The molecule has 0 fully saturated rings. The number of hydrogen-bond donors (Lipinski definition) is 0. The van der Waals surface area contributed by atoms with Crippen LogP contribution in [-0.4, -0.2) is 85.9 Å². The number of rotatable bonds is 0. The predicted molar refractivity (Wildman–Crippen MR) is 213 cm³/mol. The van der Waals surface area contributed by atoms with Gasteiger partial charge in [-0.2, -0.15) is 0 Å². The molecule has 0 aliphatic rings. The van der Waals surface area contributed by atoms with E-state index in [4.69, 9.17) is 55.0 Å². The fourth-order valence-corrected chi connectivity index (χ4v) is 5.89. The van der Waals surface area contributed by atoms with Crippen molar-refractivity contribution in [2.24, 2.45) is 0 Å². The molecule has 0 spiro atoms. The van der Waals surface area contributed by atoms with Crippen LogP contribution in [0.3, 0.4) is 0 Å². The first-order chi connectivity index (χ1) is 25.8. The molecule has 10 aromatic rings. The summed E-state index contributed by atoms with van der Waals surface area (Å²) in [6, 6.07) is 31.7. The van der Waals surface area contributed by atoms with Gasteiger partial charge in [-0.25, -0.2) is 19.9 Å². The first-order valence-electron chi connectivity index (χ1n) is 15.5. The number of benzene rings is 4. The molecule has 0 aliphatic carbocycles. The summed E-state index contributed by atoms with van der Waals surface area (Å²) in [7, 11) is -10.3. The van der Waals surface area contributed by atoms with Crippen LogP contribution in [0.5, 0.6) is 0 Å². The zero-order valence-electron chi connectivity index (χ0n) is 30.0. The number of pyridine rings is 4. The molecule has 0 saturated heterocycles. The molecule has 2 radical (unpaired) electrons. The van der Waals surface area contributed by atoms with Gasteiger partial charge in [-0.15, -0.1) is 0 Å². The largest absolute Gasteiger partial charge is 2.00 e. The minimum absolute atomic E-state index is 0. The van der Waals surface area contributed by atoms with Gasteiger partial charge in [-0.1, -0.05) is 24.3 Å². The second-order valence-corrected chi connectivity index (χ2v) is 12.9. The molecule has 0 saturated carbocycles. The Labute approximate surface area is 359 Å². The fraction of sp³-hybridized carbons (Fsp3) is 0. The van der Waals surface area contributed by atoms with Crippen molar-refractivity contribution >= 4 is 109 Å². The van der Waals surface area contributed by atoms with Crippen molar-refractivity contribution < 1.29 is 91.1 Å². The van der Waals surface area contributed by atoms with E-state index in [-0.39, 0.29) is 56.0 Å². The Morgan fingerprint density at radius 1 is 0.333 bits per heavy atom. The summed E-state index contributed by atoms with van der Waals surface area (Å²) in [5.74, 6) is 0. The first kappa shape index (κ1) is 52.4. The van der Waals surface area contributed by atoms with E-state index < -0.39 is 20.8 Å². The van der Waals surface area contributed by atoms with Crippen molar-refractivity contribution in [2.45, 2.75) is 0 Å². The van der Waals surface area contributed by atoms with Gasteiger partial charge < -0.3 is 40.1 Å². The Morgan fingerprint density at radius 2 is 0.517 bits per heavy atom. The Morgan fingerprint density at radius 3 is 0.700 bits per heavy atom. The minimum Gasteiger partial charge on any atom is -0.759 e. The van der Waals surface area contributed by atoms with Crippen LogP contribution in [0.1, 0.15) is 0 Å². The van der Waals surface area contributed by atoms with Crippen LogP contribution in [0.4, 0.5) is 0 Å². The number of aromatic nitrogens is 8. The Kier molecular flexibility index (Phi) is 18.8. The fourth-order valence-electron chi connectivity index (χ4n) is 5.89. The topological polar surface area (TPSA) is 393 Å². The van der Waals surface area contributed by atoms with Crippen molar-refractivity contribution in [2.75, 3.05) is 0 Å². The molecule has 24 heteroatoms. The summed E-state index contributed by atoms with van der Waals surface area (Å²) >= 11 is 0. The third-order valence-corrected chi connectivity index (χ3v) is 7.84.